The summed E-state index contributed by atoms with van der Waals surface area (Å²) in [7, 11) is 0. The van der Waals surface area contributed by atoms with Crippen molar-refractivity contribution in [2.45, 2.75) is 33.1 Å². The first kappa shape index (κ1) is 19.9. The third-order valence-electron chi connectivity index (χ3n) is 3.97. The Morgan fingerprint density at radius 2 is 1.31 bits per heavy atom. The van der Waals surface area contributed by atoms with Crippen molar-refractivity contribution in [3.63, 3.8) is 0 Å². The topological polar surface area (TPSA) is 29.1 Å². The summed E-state index contributed by atoms with van der Waals surface area (Å²) in [6, 6.07) is 7.05. The standard InChI is InChI=1S/C19H18F5NO/c1-9(2)8-11-4-6-12(7-5-11)10(3)19(26)25-18-16(23)14(21)13(20)15(22)17(18)24/h4-7,9-10H,8H2,1-3H3,(H,25,26). The van der Waals surface area contributed by atoms with Crippen LogP contribution in [-0.2, 0) is 11.2 Å². The molecule has 140 valence electrons. The van der Waals surface area contributed by atoms with Crippen molar-refractivity contribution in [1.29, 1.82) is 0 Å². The van der Waals surface area contributed by atoms with Crippen LogP contribution < -0.4 is 5.32 Å². The Balaban J connectivity index is 2.22. The molecule has 0 bridgehead atoms. The van der Waals surface area contributed by atoms with Crippen LogP contribution >= 0.6 is 0 Å². The molecule has 2 aromatic carbocycles. The number of carbonyl (C=O) groups is 1. The Hall–Kier alpha value is -2.44. The molecule has 1 N–H and O–H groups in total. The van der Waals surface area contributed by atoms with Crippen molar-refractivity contribution in [2.24, 2.45) is 5.92 Å². The van der Waals surface area contributed by atoms with Gasteiger partial charge in [0.25, 0.3) is 0 Å². The first-order valence-electron chi connectivity index (χ1n) is 8.04. The van der Waals surface area contributed by atoms with Gasteiger partial charge in [-0.05, 0) is 30.4 Å². The number of rotatable bonds is 5. The highest BCUT2D eigenvalue weighted by Crippen LogP contribution is 2.28. The van der Waals surface area contributed by atoms with Crippen LogP contribution in [0.15, 0.2) is 24.3 Å². The number of nitrogens with one attached hydrogen (secondary N) is 1. The van der Waals surface area contributed by atoms with Gasteiger partial charge in [0, 0.05) is 0 Å². The van der Waals surface area contributed by atoms with E-state index in [1.807, 2.05) is 12.1 Å². The molecule has 26 heavy (non-hydrogen) atoms. The monoisotopic (exact) mass is 371 g/mol. The highest BCUT2D eigenvalue weighted by Gasteiger charge is 2.28. The zero-order valence-corrected chi connectivity index (χ0v) is 14.5. The second-order valence-electron chi connectivity index (χ2n) is 6.50. The molecular formula is C19H18F5NO. The molecule has 2 nitrogen and oxygen atoms in total. The van der Waals surface area contributed by atoms with Gasteiger partial charge in [0.1, 0.15) is 5.69 Å². The molecule has 0 saturated heterocycles. The summed E-state index contributed by atoms with van der Waals surface area (Å²) >= 11 is 0. The fourth-order valence-corrected chi connectivity index (χ4v) is 2.51. The minimum Gasteiger partial charge on any atom is -0.320 e. The number of benzene rings is 2. The summed E-state index contributed by atoms with van der Waals surface area (Å²) in [5.41, 5.74) is 0.268. The minimum absolute atomic E-state index is 0.454. The largest absolute Gasteiger partial charge is 0.320 e. The Kier molecular flexibility index (Phi) is 6.00. The van der Waals surface area contributed by atoms with Gasteiger partial charge in [-0.2, -0.15) is 0 Å². The fourth-order valence-electron chi connectivity index (χ4n) is 2.51. The fraction of sp³-hybridized carbons (Fsp3) is 0.316. The van der Waals surface area contributed by atoms with Gasteiger partial charge in [0.05, 0.1) is 5.92 Å². The van der Waals surface area contributed by atoms with Gasteiger partial charge in [-0.15, -0.1) is 0 Å². The van der Waals surface area contributed by atoms with Crippen LogP contribution in [0.1, 0.15) is 37.8 Å². The van der Waals surface area contributed by atoms with E-state index >= 15 is 0 Å². The van der Waals surface area contributed by atoms with Crippen molar-refractivity contribution < 1.29 is 26.7 Å². The summed E-state index contributed by atoms with van der Waals surface area (Å²) in [5.74, 6) is -11.9. The summed E-state index contributed by atoms with van der Waals surface area (Å²) in [6.07, 6.45) is 0.853. The van der Waals surface area contributed by atoms with Gasteiger partial charge in [0.15, 0.2) is 23.3 Å². The second-order valence-corrected chi connectivity index (χ2v) is 6.50. The van der Waals surface area contributed by atoms with Gasteiger partial charge in [-0.25, -0.2) is 22.0 Å². The number of hydrogen-bond acceptors (Lipinski definition) is 1. The summed E-state index contributed by atoms with van der Waals surface area (Å²) in [5, 5.41) is 1.80. The van der Waals surface area contributed by atoms with Crippen molar-refractivity contribution >= 4 is 11.6 Å². The Morgan fingerprint density at radius 3 is 1.77 bits per heavy atom. The summed E-state index contributed by atoms with van der Waals surface area (Å²) < 4.78 is 66.8. The second kappa shape index (κ2) is 7.85. The van der Waals surface area contributed by atoms with E-state index in [1.165, 1.54) is 6.92 Å². The Bertz CT molecular complexity index is 789. The van der Waals surface area contributed by atoms with Crippen molar-refractivity contribution in [3.05, 3.63) is 64.5 Å². The number of halogens is 5. The predicted octanol–water partition coefficient (Wildman–Crippen LogP) is 5.32. The number of anilines is 1. The van der Waals surface area contributed by atoms with E-state index in [1.54, 1.807) is 17.4 Å². The third-order valence-corrected chi connectivity index (χ3v) is 3.97. The van der Waals surface area contributed by atoms with Crippen LogP contribution in [0.5, 0.6) is 0 Å². The summed E-state index contributed by atoms with van der Waals surface area (Å²) in [6.45, 7) is 5.60. The number of carbonyl (C=O) groups excluding carboxylic acids is 1. The summed E-state index contributed by atoms with van der Waals surface area (Å²) in [4.78, 5) is 12.2. The average Bonchev–Trinajstić information content (AvgIpc) is 2.61. The molecule has 7 heteroatoms. The van der Waals surface area contributed by atoms with Gasteiger partial charge in [-0.1, -0.05) is 38.1 Å². The first-order chi connectivity index (χ1) is 12.1. The van der Waals surface area contributed by atoms with E-state index in [0.29, 0.717) is 11.5 Å². The lowest BCUT2D eigenvalue weighted by Crippen LogP contribution is -2.21. The predicted molar refractivity (Wildman–Crippen MR) is 88.3 cm³/mol. The van der Waals surface area contributed by atoms with E-state index < -0.39 is 46.6 Å². The molecule has 0 heterocycles. The lowest BCUT2D eigenvalue weighted by atomic mass is 9.96. The molecule has 0 radical (unpaired) electrons. The maximum Gasteiger partial charge on any atom is 0.231 e. The normalized spacial score (nSPS) is 12.3. The number of amides is 1. The number of hydrogen-bond donors (Lipinski definition) is 1. The van der Waals surface area contributed by atoms with Gasteiger partial charge >= 0.3 is 0 Å². The van der Waals surface area contributed by atoms with Gasteiger partial charge in [-0.3, -0.25) is 4.79 Å². The zero-order chi connectivity index (χ0) is 19.6. The molecule has 1 atom stereocenters. The molecule has 0 saturated carbocycles. The lowest BCUT2D eigenvalue weighted by Gasteiger charge is -2.15. The average molecular weight is 371 g/mol. The van der Waals surface area contributed by atoms with Crippen LogP contribution in [-0.4, -0.2) is 5.91 Å². The van der Waals surface area contributed by atoms with E-state index in [9.17, 15) is 26.7 Å². The van der Waals surface area contributed by atoms with Crippen LogP contribution in [0, 0.1) is 35.0 Å². The highest BCUT2D eigenvalue weighted by molar-refractivity contribution is 5.95. The maximum atomic E-state index is 13.7. The maximum absolute atomic E-state index is 13.7. The molecule has 0 spiro atoms. The lowest BCUT2D eigenvalue weighted by molar-refractivity contribution is -0.117. The quantitative estimate of drug-likeness (QED) is 0.430. The van der Waals surface area contributed by atoms with E-state index in [4.69, 9.17) is 0 Å². The van der Waals surface area contributed by atoms with E-state index in [0.717, 1.165) is 12.0 Å². The molecule has 1 unspecified atom stereocenters. The van der Waals surface area contributed by atoms with Crippen molar-refractivity contribution in [3.8, 4) is 0 Å². The Labute approximate surface area is 148 Å². The molecule has 2 aromatic rings. The molecule has 1 amide bonds. The highest BCUT2D eigenvalue weighted by atomic mass is 19.2. The molecule has 2 rings (SSSR count). The van der Waals surface area contributed by atoms with Gasteiger partial charge in [0.2, 0.25) is 11.7 Å². The third kappa shape index (κ3) is 4.03. The molecular weight excluding hydrogens is 353 g/mol. The first-order valence-corrected chi connectivity index (χ1v) is 8.04. The zero-order valence-electron chi connectivity index (χ0n) is 14.5. The molecule has 0 aliphatic heterocycles. The van der Waals surface area contributed by atoms with Crippen LogP contribution in [0.2, 0.25) is 0 Å². The van der Waals surface area contributed by atoms with Crippen LogP contribution in [0.25, 0.3) is 0 Å². The van der Waals surface area contributed by atoms with Crippen molar-refractivity contribution in [2.75, 3.05) is 5.32 Å². The molecule has 0 aliphatic carbocycles. The van der Waals surface area contributed by atoms with Crippen LogP contribution in [0.3, 0.4) is 0 Å². The van der Waals surface area contributed by atoms with Gasteiger partial charge < -0.3 is 5.32 Å². The van der Waals surface area contributed by atoms with E-state index in [-0.39, 0.29) is 0 Å². The molecule has 0 aliphatic rings. The molecule has 0 fully saturated rings. The minimum atomic E-state index is -2.27. The SMILES string of the molecule is CC(C)Cc1ccc(C(C)C(=O)Nc2c(F)c(F)c(F)c(F)c2F)cc1. The Morgan fingerprint density at radius 1 is 0.846 bits per heavy atom. The van der Waals surface area contributed by atoms with Crippen molar-refractivity contribution in [1.82, 2.24) is 0 Å². The van der Waals surface area contributed by atoms with E-state index in [2.05, 4.69) is 13.8 Å². The smallest absolute Gasteiger partial charge is 0.231 e. The van der Waals surface area contributed by atoms with Crippen LogP contribution in [0.4, 0.5) is 27.6 Å². The molecule has 0 aromatic heterocycles.